The molecule has 7 heteroatoms. The van der Waals surface area contributed by atoms with Gasteiger partial charge in [0.2, 0.25) is 0 Å². The number of H-pyrrole nitrogens is 1. The average molecular weight is 348 g/mol. The van der Waals surface area contributed by atoms with Gasteiger partial charge < -0.3 is 9.72 Å². The number of pyridine rings is 1. The fourth-order valence-electron chi connectivity index (χ4n) is 2.90. The molecule has 0 radical (unpaired) electrons. The summed E-state index contributed by atoms with van der Waals surface area (Å²) in [5.74, 6) is -0.555. The van der Waals surface area contributed by atoms with Crippen molar-refractivity contribution in [2.24, 2.45) is 0 Å². The molecule has 4 rings (SSSR count). The second kappa shape index (κ2) is 6.11. The SMILES string of the molecule is CCOC(=O)c1cc2c(=O)[nH]c(-c3cnc4cccc(C)c4c3)cn2n1. The molecule has 0 atom stereocenters. The normalized spacial score (nSPS) is 11.2. The summed E-state index contributed by atoms with van der Waals surface area (Å²) in [6.07, 6.45) is 3.37. The predicted octanol–water partition coefficient (Wildman–Crippen LogP) is 2.72. The van der Waals surface area contributed by atoms with Crippen molar-refractivity contribution in [2.45, 2.75) is 13.8 Å². The van der Waals surface area contributed by atoms with Crippen LogP contribution in [0.25, 0.3) is 27.7 Å². The van der Waals surface area contributed by atoms with Crippen molar-refractivity contribution in [1.29, 1.82) is 0 Å². The van der Waals surface area contributed by atoms with Crippen LogP contribution in [0.2, 0.25) is 0 Å². The van der Waals surface area contributed by atoms with E-state index in [1.54, 1.807) is 19.3 Å². The molecule has 0 saturated heterocycles. The van der Waals surface area contributed by atoms with E-state index in [9.17, 15) is 9.59 Å². The van der Waals surface area contributed by atoms with Gasteiger partial charge in [-0.05, 0) is 31.5 Å². The number of hydrogen-bond donors (Lipinski definition) is 1. The number of esters is 1. The van der Waals surface area contributed by atoms with Crippen molar-refractivity contribution in [1.82, 2.24) is 19.6 Å². The standard InChI is InChI=1S/C19H16N4O3/c1-3-26-19(25)15-8-17-18(24)21-16(10-23(17)22-15)12-7-13-11(2)5-4-6-14(13)20-9-12/h4-10H,3H2,1-2H3,(H,21,24). The highest BCUT2D eigenvalue weighted by Crippen LogP contribution is 2.23. The first-order valence-electron chi connectivity index (χ1n) is 8.22. The van der Waals surface area contributed by atoms with Gasteiger partial charge in [-0.2, -0.15) is 5.10 Å². The van der Waals surface area contributed by atoms with E-state index in [0.29, 0.717) is 5.69 Å². The Morgan fingerprint density at radius 1 is 1.31 bits per heavy atom. The molecule has 0 unspecified atom stereocenters. The van der Waals surface area contributed by atoms with Crippen molar-refractivity contribution >= 4 is 22.4 Å². The van der Waals surface area contributed by atoms with E-state index in [4.69, 9.17) is 4.74 Å². The van der Waals surface area contributed by atoms with E-state index in [1.165, 1.54) is 10.6 Å². The summed E-state index contributed by atoms with van der Waals surface area (Å²) in [5, 5.41) is 5.17. The van der Waals surface area contributed by atoms with Gasteiger partial charge >= 0.3 is 5.97 Å². The zero-order valence-electron chi connectivity index (χ0n) is 14.3. The van der Waals surface area contributed by atoms with Crippen molar-refractivity contribution in [3.05, 3.63) is 64.3 Å². The number of ether oxygens (including phenoxy) is 1. The number of aromatic nitrogens is 4. The molecule has 26 heavy (non-hydrogen) atoms. The van der Waals surface area contributed by atoms with Gasteiger partial charge in [-0.25, -0.2) is 9.31 Å². The van der Waals surface area contributed by atoms with E-state index in [1.807, 2.05) is 31.2 Å². The highest BCUT2D eigenvalue weighted by Gasteiger charge is 2.15. The summed E-state index contributed by atoms with van der Waals surface area (Å²) in [6.45, 7) is 3.97. The molecule has 130 valence electrons. The molecule has 1 aromatic carbocycles. The molecule has 3 heterocycles. The summed E-state index contributed by atoms with van der Waals surface area (Å²) in [4.78, 5) is 31.5. The smallest absolute Gasteiger partial charge is 0.358 e. The van der Waals surface area contributed by atoms with Crippen LogP contribution in [-0.4, -0.2) is 32.2 Å². The van der Waals surface area contributed by atoms with E-state index >= 15 is 0 Å². The molecule has 1 N–H and O–H groups in total. The van der Waals surface area contributed by atoms with E-state index in [-0.39, 0.29) is 23.4 Å². The average Bonchev–Trinajstić information content (AvgIpc) is 3.07. The zero-order valence-corrected chi connectivity index (χ0v) is 14.3. The van der Waals surface area contributed by atoms with Gasteiger partial charge in [-0.1, -0.05) is 12.1 Å². The van der Waals surface area contributed by atoms with Crippen LogP contribution >= 0.6 is 0 Å². The Labute approximate surface area is 148 Å². The highest BCUT2D eigenvalue weighted by atomic mass is 16.5. The molecule has 7 nitrogen and oxygen atoms in total. The Morgan fingerprint density at radius 2 is 2.15 bits per heavy atom. The molecule has 0 fully saturated rings. The third kappa shape index (κ3) is 2.63. The molecular weight excluding hydrogens is 332 g/mol. The van der Waals surface area contributed by atoms with Crippen LogP contribution in [0.5, 0.6) is 0 Å². The predicted molar refractivity (Wildman–Crippen MR) is 97.2 cm³/mol. The van der Waals surface area contributed by atoms with Gasteiger partial charge in [0, 0.05) is 23.2 Å². The van der Waals surface area contributed by atoms with Crippen molar-refractivity contribution in [3.63, 3.8) is 0 Å². The first kappa shape index (κ1) is 16.0. The molecule has 3 aromatic heterocycles. The largest absolute Gasteiger partial charge is 0.461 e. The Kier molecular flexibility index (Phi) is 3.76. The molecule has 0 aliphatic rings. The summed E-state index contributed by atoms with van der Waals surface area (Å²) < 4.78 is 6.33. The molecule has 0 aliphatic carbocycles. The van der Waals surface area contributed by atoms with Crippen molar-refractivity contribution in [2.75, 3.05) is 6.61 Å². The molecule has 0 bridgehead atoms. The van der Waals surface area contributed by atoms with Gasteiger partial charge in [0.1, 0.15) is 5.52 Å². The van der Waals surface area contributed by atoms with Gasteiger partial charge in [0.25, 0.3) is 5.56 Å². The topological polar surface area (TPSA) is 89.4 Å². The van der Waals surface area contributed by atoms with Crippen LogP contribution in [0.3, 0.4) is 0 Å². The maximum atomic E-state index is 12.4. The van der Waals surface area contributed by atoms with Crippen LogP contribution in [0.4, 0.5) is 0 Å². The van der Waals surface area contributed by atoms with E-state index < -0.39 is 5.97 Å². The summed E-state index contributed by atoms with van der Waals surface area (Å²) in [5.41, 5.74) is 3.36. The molecule has 0 spiro atoms. The fraction of sp³-hybridized carbons (Fsp3) is 0.158. The van der Waals surface area contributed by atoms with Gasteiger partial charge in [0.05, 0.1) is 24.0 Å². The summed E-state index contributed by atoms with van der Waals surface area (Å²) in [6, 6.07) is 9.31. The Morgan fingerprint density at radius 3 is 2.96 bits per heavy atom. The number of carbonyl (C=O) groups excluding carboxylic acids is 1. The van der Waals surface area contributed by atoms with Crippen LogP contribution in [-0.2, 0) is 4.74 Å². The number of hydrogen-bond acceptors (Lipinski definition) is 5. The lowest BCUT2D eigenvalue weighted by Crippen LogP contribution is -2.10. The van der Waals surface area contributed by atoms with Gasteiger partial charge in [-0.15, -0.1) is 0 Å². The van der Waals surface area contributed by atoms with E-state index in [2.05, 4.69) is 15.1 Å². The molecule has 0 amide bonds. The van der Waals surface area contributed by atoms with Crippen LogP contribution in [0.1, 0.15) is 23.0 Å². The Hall–Kier alpha value is -3.48. The van der Waals surface area contributed by atoms with E-state index in [0.717, 1.165) is 22.0 Å². The maximum Gasteiger partial charge on any atom is 0.358 e. The zero-order chi connectivity index (χ0) is 18.3. The summed E-state index contributed by atoms with van der Waals surface area (Å²) in [7, 11) is 0. The number of aryl methyl sites for hydroxylation is 1. The molecular formula is C19H16N4O3. The van der Waals surface area contributed by atoms with Gasteiger partial charge in [-0.3, -0.25) is 9.78 Å². The lowest BCUT2D eigenvalue weighted by atomic mass is 10.1. The number of nitrogens with zero attached hydrogens (tertiary/aromatic N) is 3. The molecule has 4 aromatic rings. The monoisotopic (exact) mass is 348 g/mol. The number of benzene rings is 1. The second-order valence-electron chi connectivity index (χ2n) is 5.94. The number of nitrogens with one attached hydrogen (secondary N) is 1. The lowest BCUT2D eigenvalue weighted by molar-refractivity contribution is 0.0519. The quantitative estimate of drug-likeness (QED) is 0.575. The second-order valence-corrected chi connectivity index (χ2v) is 5.94. The number of fused-ring (bicyclic) bond motifs is 2. The Bertz CT molecular complexity index is 1210. The minimum Gasteiger partial charge on any atom is -0.461 e. The van der Waals surface area contributed by atoms with Crippen molar-refractivity contribution < 1.29 is 9.53 Å². The van der Waals surface area contributed by atoms with Crippen LogP contribution in [0.15, 0.2) is 47.5 Å². The first-order valence-corrected chi connectivity index (χ1v) is 8.22. The fourth-order valence-corrected chi connectivity index (χ4v) is 2.90. The first-order chi connectivity index (χ1) is 12.6. The number of aromatic amines is 1. The van der Waals surface area contributed by atoms with Crippen molar-refractivity contribution in [3.8, 4) is 11.3 Å². The summed E-state index contributed by atoms with van der Waals surface area (Å²) >= 11 is 0. The van der Waals surface area contributed by atoms with Crippen LogP contribution in [0, 0.1) is 6.92 Å². The number of carbonyl (C=O) groups is 1. The maximum absolute atomic E-state index is 12.4. The lowest BCUT2D eigenvalue weighted by Gasteiger charge is -2.06. The van der Waals surface area contributed by atoms with Crippen LogP contribution < -0.4 is 5.56 Å². The minimum atomic E-state index is -0.555. The third-order valence-corrected chi connectivity index (χ3v) is 4.21. The third-order valence-electron chi connectivity index (χ3n) is 4.21. The minimum absolute atomic E-state index is 0.0991. The highest BCUT2D eigenvalue weighted by molar-refractivity contribution is 5.89. The van der Waals surface area contributed by atoms with Gasteiger partial charge in [0.15, 0.2) is 5.69 Å². The molecule has 0 saturated carbocycles. The Balaban J connectivity index is 1.86. The number of rotatable bonds is 3. The molecule has 0 aliphatic heterocycles.